The number of aromatic nitrogens is 3. The second-order valence-electron chi connectivity index (χ2n) is 4.38. The minimum atomic E-state index is -0.304. The van der Waals surface area contributed by atoms with Crippen LogP contribution in [0.25, 0.3) is 11.3 Å². The van der Waals surface area contributed by atoms with Crippen LogP contribution in [-0.2, 0) is 6.54 Å². The highest BCUT2D eigenvalue weighted by atomic mass is 19.1. The number of benzene rings is 1. The van der Waals surface area contributed by atoms with Gasteiger partial charge in [0.05, 0.1) is 5.69 Å². The molecule has 2 rings (SSSR count). The van der Waals surface area contributed by atoms with Gasteiger partial charge in [-0.15, -0.1) is 5.10 Å². The van der Waals surface area contributed by atoms with Gasteiger partial charge in [-0.1, -0.05) is 25.0 Å². The second kappa shape index (κ2) is 6.22. The zero-order valence-corrected chi connectivity index (χ0v) is 10.8. The predicted octanol–water partition coefficient (Wildman–Crippen LogP) is 3.09. The molecular weight excluding hydrogens is 245 g/mol. The summed E-state index contributed by atoms with van der Waals surface area (Å²) in [6.07, 6.45) is 3.87. The normalized spacial score (nSPS) is 10.6. The molecule has 0 saturated heterocycles. The number of aldehydes is 1. The topological polar surface area (TPSA) is 47.8 Å². The highest BCUT2D eigenvalue weighted by molar-refractivity contribution is 5.83. The van der Waals surface area contributed by atoms with E-state index in [9.17, 15) is 9.18 Å². The summed E-state index contributed by atoms with van der Waals surface area (Å²) in [5, 5.41) is 7.86. The Balaban J connectivity index is 2.33. The number of carbonyl (C=O) groups excluding carboxylic acids is 1. The number of aryl methyl sites for hydroxylation is 1. The first-order chi connectivity index (χ1) is 9.26. The van der Waals surface area contributed by atoms with Crippen LogP contribution in [0.1, 0.15) is 36.7 Å². The highest BCUT2D eigenvalue weighted by Crippen LogP contribution is 2.22. The average molecular weight is 261 g/mol. The van der Waals surface area contributed by atoms with E-state index in [2.05, 4.69) is 17.2 Å². The van der Waals surface area contributed by atoms with Gasteiger partial charge in [0.2, 0.25) is 0 Å². The fourth-order valence-corrected chi connectivity index (χ4v) is 1.98. The maximum Gasteiger partial charge on any atom is 0.172 e. The van der Waals surface area contributed by atoms with E-state index in [1.165, 1.54) is 12.1 Å². The van der Waals surface area contributed by atoms with Gasteiger partial charge in [-0.25, -0.2) is 9.07 Å². The summed E-state index contributed by atoms with van der Waals surface area (Å²) in [5.41, 5.74) is 1.71. The van der Waals surface area contributed by atoms with Crippen LogP contribution in [0.2, 0.25) is 0 Å². The van der Waals surface area contributed by atoms with Gasteiger partial charge in [-0.2, -0.15) is 0 Å². The SMILES string of the molecule is CCCCCn1nnc(C=O)c1-c1ccc(F)cc1. The number of rotatable bonds is 6. The van der Waals surface area contributed by atoms with E-state index in [1.807, 2.05) is 0 Å². The fourth-order valence-electron chi connectivity index (χ4n) is 1.98. The van der Waals surface area contributed by atoms with Gasteiger partial charge in [0, 0.05) is 12.1 Å². The zero-order chi connectivity index (χ0) is 13.7. The van der Waals surface area contributed by atoms with Crippen LogP contribution in [0.4, 0.5) is 4.39 Å². The number of unbranched alkanes of at least 4 members (excludes halogenated alkanes) is 2. The molecule has 5 heteroatoms. The van der Waals surface area contributed by atoms with Gasteiger partial charge in [-0.05, 0) is 30.7 Å². The van der Waals surface area contributed by atoms with Crippen molar-refractivity contribution in [1.82, 2.24) is 15.0 Å². The Bertz CT molecular complexity index is 548. The summed E-state index contributed by atoms with van der Waals surface area (Å²) < 4.78 is 14.7. The molecule has 19 heavy (non-hydrogen) atoms. The Kier molecular flexibility index (Phi) is 4.39. The van der Waals surface area contributed by atoms with Crippen molar-refractivity contribution < 1.29 is 9.18 Å². The van der Waals surface area contributed by atoms with Crippen molar-refractivity contribution in [2.75, 3.05) is 0 Å². The number of hydrogen-bond donors (Lipinski definition) is 0. The molecule has 0 unspecified atom stereocenters. The van der Waals surface area contributed by atoms with Crippen LogP contribution >= 0.6 is 0 Å². The lowest BCUT2D eigenvalue weighted by Gasteiger charge is -2.06. The molecule has 2 aromatic rings. The van der Waals surface area contributed by atoms with Crippen molar-refractivity contribution >= 4 is 6.29 Å². The number of nitrogens with zero attached hydrogens (tertiary/aromatic N) is 3. The predicted molar refractivity (Wildman–Crippen MR) is 70.3 cm³/mol. The molecule has 0 aliphatic carbocycles. The third-order valence-electron chi connectivity index (χ3n) is 2.96. The minimum absolute atomic E-state index is 0.295. The number of carbonyl (C=O) groups is 1. The van der Waals surface area contributed by atoms with E-state index >= 15 is 0 Å². The van der Waals surface area contributed by atoms with Crippen molar-refractivity contribution in [3.63, 3.8) is 0 Å². The smallest absolute Gasteiger partial charge is 0.172 e. The summed E-state index contributed by atoms with van der Waals surface area (Å²) in [6.45, 7) is 2.83. The largest absolute Gasteiger partial charge is 0.296 e. The molecule has 1 aromatic carbocycles. The zero-order valence-electron chi connectivity index (χ0n) is 10.8. The molecule has 1 heterocycles. The Morgan fingerprint density at radius 2 is 2.00 bits per heavy atom. The summed E-state index contributed by atoms with van der Waals surface area (Å²) in [4.78, 5) is 11.0. The van der Waals surface area contributed by atoms with E-state index in [0.29, 0.717) is 24.2 Å². The summed E-state index contributed by atoms with van der Waals surface area (Å²) in [7, 11) is 0. The van der Waals surface area contributed by atoms with Crippen molar-refractivity contribution in [2.24, 2.45) is 0 Å². The quantitative estimate of drug-likeness (QED) is 0.593. The average Bonchev–Trinajstić information content (AvgIpc) is 2.83. The summed E-state index contributed by atoms with van der Waals surface area (Å²) in [5.74, 6) is -0.304. The molecule has 0 N–H and O–H groups in total. The van der Waals surface area contributed by atoms with E-state index in [4.69, 9.17) is 0 Å². The van der Waals surface area contributed by atoms with E-state index in [-0.39, 0.29) is 5.82 Å². The van der Waals surface area contributed by atoms with Crippen LogP contribution in [-0.4, -0.2) is 21.3 Å². The molecule has 0 radical (unpaired) electrons. The highest BCUT2D eigenvalue weighted by Gasteiger charge is 2.14. The molecule has 0 fully saturated rings. The molecule has 0 spiro atoms. The van der Waals surface area contributed by atoms with Crippen LogP contribution in [0.5, 0.6) is 0 Å². The van der Waals surface area contributed by atoms with Crippen molar-refractivity contribution in [1.29, 1.82) is 0 Å². The monoisotopic (exact) mass is 261 g/mol. The summed E-state index contributed by atoms with van der Waals surface area (Å²) in [6, 6.07) is 6.01. The lowest BCUT2D eigenvalue weighted by molar-refractivity contribution is 0.111. The van der Waals surface area contributed by atoms with E-state index < -0.39 is 0 Å². The summed E-state index contributed by atoms with van der Waals surface area (Å²) >= 11 is 0. The standard InChI is InChI=1S/C14H16FN3O/c1-2-3-4-9-18-14(13(10-19)16-17-18)11-5-7-12(15)8-6-11/h5-8,10H,2-4,9H2,1H3. The second-order valence-corrected chi connectivity index (χ2v) is 4.38. The van der Waals surface area contributed by atoms with Crippen LogP contribution < -0.4 is 0 Å². The maximum absolute atomic E-state index is 13.0. The van der Waals surface area contributed by atoms with Crippen LogP contribution in [0.3, 0.4) is 0 Å². The van der Waals surface area contributed by atoms with Crippen molar-refractivity contribution in [3.05, 3.63) is 35.8 Å². The van der Waals surface area contributed by atoms with Crippen LogP contribution in [0, 0.1) is 5.82 Å². The molecule has 100 valence electrons. The maximum atomic E-state index is 13.0. The fraction of sp³-hybridized carbons (Fsp3) is 0.357. The molecule has 0 aliphatic heterocycles. The van der Waals surface area contributed by atoms with Gasteiger partial charge >= 0.3 is 0 Å². The third-order valence-corrected chi connectivity index (χ3v) is 2.96. The van der Waals surface area contributed by atoms with E-state index in [0.717, 1.165) is 24.8 Å². The third kappa shape index (κ3) is 3.05. The Morgan fingerprint density at radius 1 is 1.26 bits per heavy atom. The lowest BCUT2D eigenvalue weighted by atomic mass is 10.1. The first-order valence-electron chi connectivity index (χ1n) is 6.41. The van der Waals surface area contributed by atoms with E-state index in [1.54, 1.807) is 16.8 Å². The lowest BCUT2D eigenvalue weighted by Crippen LogP contribution is -2.03. The van der Waals surface area contributed by atoms with Gasteiger partial charge in [0.25, 0.3) is 0 Å². The van der Waals surface area contributed by atoms with Crippen LogP contribution in [0.15, 0.2) is 24.3 Å². The Labute approximate surface area is 111 Å². The van der Waals surface area contributed by atoms with Gasteiger partial charge < -0.3 is 0 Å². The Morgan fingerprint density at radius 3 is 2.63 bits per heavy atom. The van der Waals surface area contributed by atoms with Gasteiger partial charge in [0.15, 0.2) is 12.0 Å². The molecule has 4 nitrogen and oxygen atoms in total. The molecule has 0 atom stereocenters. The molecule has 0 bridgehead atoms. The number of hydrogen-bond acceptors (Lipinski definition) is 3. The number of halogens is 1. The first-order valence-corrected chi connectivity index (χ1v) is 6.41. The minimum Gasteiger partial charge on any atom is -0.296 e. The van der Waals surface area contributed by atoms with Gasteiger partial charge in [-0.3, -0.25) is 4.79 Å². The van der Waals surface area contributed by atoms with Crippen molar-refractivity contribution in [2.45, 2.75) is 32.7 Å². The van der Waals surface area contributed by atoms with Crippen molar-refractivity contribution in [3.8, 4) is 11.3 Å². The Hall–Kier alpha value is -2.04. The molecule has 0 aliphatic rings. The van der Waals surface area contributed by atoms with Gasteiger partial charge in [0.1, 0.15) is 5.82 Å². The molecular formula is C14H16FN3O. The molecule has 0 amide bonds. The first kappa shape index (κ1) is 13.4. The molecule has 1 aromatic heterocycles. The molecule has 0 saturated carbocycles.